The molecule has 0 N–H and O–H groups in total. The summed E-state index contributed by atoms with van der Waals surface area (Å²) in [4.78, 5) is 38.2. The van der Waals surface area contributed by atoms with Crippen LogP contribution in [0.25, 0.3) is 0 Å². The summed E-state index contributed by atoms with van der Waals surface area (Å²) in [6.07, 6.45) is 79.6. The maximum Gasteiger partial charge on any atom is 0.306 e. The van der Waals surface area contributed by atoms with Crippen molar-refractivity contribution in [3.63, 3.8) is 0 Å². The molecular weight excluding hydrogens is 913 g/mol. The van der Waals surface area contributed by atoms with Crippen molar-refractivity contribution in [1.82, 2.24) is 0 Å². The number of ether oxygens (including phenoxy) is 3. The molecule has 0 aliphatic carbocycles. The van der Waals surface area contributed by atoms with E-state index in [4.69, 9.17) is 14.2 Å². The maximum atomic E-state index is 12.9. The fourth-order valence-electron chi connectivity index (χ4n) is 9.42. The van der Waals surface area contributed by atoms with Crippen LogP contribution in [0, 0.1) is 0 Å². The van der Waals surface area contributed by atoms with E-state index in [1.165, 1.54) is 205 Å². The summed E-state index contributed by atoms with van der Waals surface area (Å²) < 4.78 is 16.9. The molecule has 430 valence electrons. The number of unbranched alkanes of at least 4 members (excludes halogenated alkanes) is 38. The van der Waals surface area contributed by atoms with Crippen molar-refractivity contribution in [1.29, 1.82) is 0 Å². The summed E-state index contributed by atoms with van der Waals surface area (Å²) in [5, 5.41) is 0. The van der Waals surface area contributed by atoms with E-state index in [-0.39, 0.29) is 31.1 Å². The van der Waals surface area contributed by atoms with Crippen LogP contribution in [0.2, 0.25) is 0 Å². The molecule has 0 spiro atoms. The highest BCUT2D eigenvalue weighted by Crippen LogP contribution is 2.17. The average Bonchev–Trinajstić information content (AvgIpc) is 3.40. The van der Waals surface area contributed by atoms with Gasteiger partial charge in [0.25, 0.3) is 0 Å². The van der Waals surface area contributed by atoms with E-state index in [1.807, 2.05) is 0 Å². The summed E-state index contributed by atoms with van der Waals surface area (Å²) in [5.74, 6) is -0.863. The third-order valence-corrected chi connectivity index (χ3v) is 14.3. The van der Waals surface area contributed by atoms with Crippen LogP contribution in [0.4, 0.5) is 0 Å². The van der Waals surface area contributed by atoms with Gasteiger partial charge in [-0.25, -0.2) is 0 Å². The van der Waals surface area contributed by atoms with Gasteiger partial charge in [-0.3, -0.25) is 14.4 Å². The van der Waals surface area contributed by atoms with Gasteiger partial charge in [-0.2, -0.15) is 0 Å². The molecule has 0 aromatic heterocycles. The van der Waals surface area contributed by atoms with Gasteiger partial charge in [0.2, 0.25) is 0 Å². The van der Waals surface area contributed by atoms with Crippen LogP contribution in [-0.2, 0) is 28.6 Å². The minimum absolute atomic E-state index is 0.0713. The smallest absolute Gasteiger partial charge is 0.306 e. The Balaban J connectivity index is 4.09. The zero-order valence-electron chi connectivity index (χ0n) is 49.4. The van der Waals surface area contributed by atoms with E-state index in [2.05, 4.69) is 81.5 Å². The zero-order chi connectivity index (χ0) is 53.6. The molecule has 0 aliphatic heterocycles. The minimum Gasteiger partial charge on any atom is -0.462 e. The summed E-state index contributed by atoms with van der Waals surface area (Å²) in [7, 11) is 0. The highest BCUT2D eigenvalue weighted by Gasteiger charge is 2.19. The lowest BCUT2D eigenvalue weighted by atomic mass is 10.0. The molecule has 0 fully saturated rings. The molecule has 1 unspecified atom stereocenters. The zero-order valence-corrected chi connectivity index (χ0v) is 49.4. The van der Waals surface area contributed by atoms with Crippen molar-refractivity contribution >= 4 is 17.9 Å². The van der Waals surface area contributed by atoms with Crippen LogP contribution in [0.1, 0.15) is 335 Å². The van der Waals surface area contributed by atoms with Gasteiger partial charge in [0, 0.05) is 19.3 Å². The molecule has 74 heavy (non-hydrogen) atoms. The predicted molar refractivity (Wildman–Crippen MR) is 321 cm³/mol. The normalized spacial score (nSPS) is 12.4. The summed E-state index contributed by atoms with van der Waals surface area (Å²) in [6.45, 7) is 6.52. The van der Waals surface area contributed by atoms with Crippen molar-refractivity contribution in [2.45, 2.75) is 341 Å². The number of hydrogen-bond donors (Lipinski definition) is 0. The van der Waals surface area contributed by atoms with Gasteiger partial charge in [-0.05, 0) is 77.0 Å². The molecule has 0 heterocycles. The minimum atomic E-state index is -0.772. The molecule has 0 amide bonds. The Morgan fingerprint density at radius 2 is 0.541 bits per heavy atom. The first-order valence-corrected chi connectivity index (χ1v) is 32.3. The second kappa shape index (κ2) is 62.6. The van der Waals surface area contributed by atoms with E-state index in [0.717, 1.165) is 89.9 Å². The molecule has 0 saturated heterocycles. The van der Waals surface area contributed by atoms with Crippen molar-refractivity contribution in [2.75, 3.05) is 13.2 Å². The second-order valence-corrected chi connectivity index (χ2v) is 21.6. The number of esters is 3. The van der Waals surface area contributed by atoms with Gasteiger partial charge in [0.1, 0.15) is 13.2 Å². The third-order valence-electron chi connectivity index (χ3n) is 14.3. The van der Waals surface area contributed by atoms with E-state index in [9.17, 15) is 14.4 Å². The summed E-state index contributed by atoms with van der Waals surface area (Å²) in [5.41, 5.74) is 0. The number of allylic oxidation sites excluding steroid dienone is 10. The molecule has 6 nitrogen and oxygen atoms in total. The molecule has 0 aromatic rings. The highest BCUT2D eigenvalue weighted by atomic mass is 16.6. The maximum absolute atomic E-state index is 12.9. The topological polar surface area (TPSA) is 78.9 Å². The predicted octanol–water partition coefficient (Wildman–Crippen LogP) is 21.9. The van der Waals surface area contributed by atoms with Crippen molar-refractivity contribution in [3.05, 3.63) is 60.8 Å². The van der Waals surface area contributed by atoms with E-state index < -0.39 is 6.10 Å². The van der Waals surface area contributed by atoms with E-state index in [1.54, 1.807) is 0 Å². The molecular formula is C68H122O6. The fourth-order valence-corrected chi connectivity index (χ4v) is 9.42. The fraction of sp³-hybridized carbons (Fsp3) is 0.809. The first kappa shape index (κ1) is 71.1. The average molecular weight is 1040 g/mol. The van der Waals surface area contributed by atoms with E-state index >= 15 is 0 Å². The van der Waals surface area contributed by atoms with Gasteiger partial charge in [-0.1, -0.05) is 300 Å². The Morgan fingerprint density at radius 1 is 0.284 bits per heavy atom. The highest BCUT2D eigenvalue weighted by molar-refractivity contribution is 5.71. The largest absolute Gasteiger partial charge is 0.462 e. The van der Waals surface area contributed by atoms with Crippen molar-refractivity contribution in [3.8, 4) is 0 Å². The molecule has 0 saturated carbocycles. The number of carbonyl (C=O) groups excluding carboxylic acids is 3. The van der Waals surface area contributed by atoms with Crippen molar-refractivity contribution in [2.24, 2.45) is 0 Å². The Bertz CT molecular complexity index is 1330. The van der Waals surface area contributed by atoms with Crippen LogP contribution < -0.4 is 0 Å². The summed E-state index contributed by atoms with van der Waals surface area (Å²) in [6, 6.07) is 0. The number of rotatable bonds is 59. The first-order valence-electron chi connectivity index (χ1n) is 32.3. The van der Waals surface area contributed by atoms with Crippen LogP contribution in [0.3, 0.4) is 0 Å². The van der Waals surface area contributed by atoms with Crippen LogP contribution in [0.5, 0.6) is 0 Å². The Morgan fingerprint density at radius 3 is 0.878 bits per heavy atom. The van der Waals surface area contributed by atoms with Gasteiger partial charge >= 0.3 is 17.9 Å². The lowest BCUT2D eigenvalue weighted by Crippen LogP contribution is -2.30. The monoisotopic (exact) mass is 1030 g/mol. The Kier molecular flexibility index (Phi) is 60.2. The molecule has 1 atom stereocenters. The van der Waals surface area contributed by atoms with Crippen LogP contribution >= 0.6 is 0 Å². The van der Waals surface area contributed by atoms with Gasteiger partial charge in [-0.15, -0.1) is 0 Å². The van der Waals surface area contributed by atoms with Crippen molar-refractivity contribution < 1.29 is 28.6 Å². The molecule has 0 bridgehead atoms. The quantitative estimate of drug-likeness (QED) is 0.0261. The SMILES string of the molecule is CC/C=C\C/C=C\C/C=C\C/C=C\CCCCCCCCCCCCCCCCCCCCC(=O)OCC(COC(=O)CCCCCCC/C=C\CCCC)OC(=O)CCCCCCCCCCCCCCCC. The molecule has 0 aromatic carbocycles. The van der Waals surface area contributed by atoms with Gasteiger partial charge in [0.15, 0.2) is 6.10 Å². The van der Waals surface area contributed by atoms with Crippen LogP contribution in [0.15, 0.2) is 60.8 Å². The Labute approximate surface area is 460 Å². The first-order chi connectivity index (χ1) is 36.5. The van der Waals surface area contributed by atoms with Gasteiger partial charge in [0.05, 0.1) is 0 Å². The lowest BCUT2D eigenvalue weighted by Gasteiger charge is -2.18. The molecule has 6 heteroatoms. The van der Waals surface area contributed by atoms with E-state index in [0.29, 0.717) is 19.3 Å². The summed E-state index contributed by atoms with van der Waals surface area (Å²) >= 11 is 0. The second-order valence-electron chi connectivity index (χ2n) is 21.6. The Hall–Kier alpha value is -2.89. The molecule has 0 rings (SSSR count). The lowest BCUT2D eigenvalue weighted by molar-refractivity contribution is -0.167. The third kappa shape index (κ3) is 60.0. The number of hydrogen-bond acceptors (Lipinski definition) is 6. The van der Waals surface area contributed by atoms with Crippen LogP contribution in [-0.4, -0.2) is 37.2 Å². The molecule has 0 radical (unpaired) electrons. The number of carbonyl (C=O) groups is 3. The standard InChI is InChI=1S/C68H122O6/c1-4-7-10-13-16-19-22-24-26-27-28-29-30-31-32-33-34-35-36-37-38-39-40-41-42-44-46-49-52-55-58-61-67(70)73-64-65(63-72-66(69)60-57-54-51-48-45-21-18-15-12-9-6-3)74-68(71)62-59-56-53-50-47-43-25-23-20-17-14-11-8-5-2/h7,10,15-16,18-19,24,26,28-29,65H,4-6,8-9,11-14,17,20-23,25,27,30-64H2,1-3H3/b10-7-,18-15-,19-16-,26-24-,29-28-. The van der Waals surface area contributed by atoms with Gasteiger partial charge < -0.3 is 14.2 Å². The molecule has 0 aliphatic rings.